The van der Waals surface area contributed by atoms with Gasteiger partial charge >= 0.3 is 0 Å². The van der Waals surface area contributed by atoms with Gasteiger partial charge in [-0.3, -0.25) is 0 Å². The van der Waals surface area contributed by atoms with E-state index in [1.807, 2.05) is 12.1 Å². The summed E-state index contributed by atoms with van der Waals surface area (Å²) in [6.45, 7) is 0.581. The van der Waals surface area contributed by atoms with Gasteiger partial charge in [-0.2, -0.15) is 0 Å². The van der Waals surface area contributed by atoms with Crippen molar-refractivity contribution in [3.05, 3.63) is 77.6 Å². The van der Waals surface area contributed by atoms with E-state index in [4.69, 9.17) is 10.6 Å². The first-order valence-corrected chi connectivity index (χ1v) is 9.57. The minimum absolute atomic E-state index is 0.321. The molecule has 26 heavy (non-hydrogen) atoms. The topological polar surface area (TPSA) is 66.0 Å². The van der Waals surface area contributed by atoms with E-state index in [1.165, 1.54) is 11.1 Å². The molecule has 0 spiro atoms. The largest absolute Gasteiger partial charge is 0.384 e. The molecule has 0 bridgehead atoms. The van der Waals surface area contributed by atoms with Gasteiger partial charge in [0.25, 0.3) is 0 Å². The van der Waals surface area contributed by atoms with Gasteiger partial charge in [-0.05, 0) is 24.0 Å². The Bertz CT molecular complexity index is 751. The van der Waals surface area contributed by atoms with Crippen molar-refractivity contribution in [1.29, 1.82) is 0 Å². The molecular weight excluding hydrogens is 344 g/mol. The number of nitrogens with two attached hydrogens (primary N) is 1. The SMILES string of the molecule is COCCc1nnc(SC(Cc2ccccc2)Cc2ccccc2)n1N. The van der Waals surface area contributed by atoms with E-state index in [9.17, 15) is 0 Å². The van der Waals surface area contributed by atoms with Gasteiger partial charge in [0.1, 0.15) is 0 Å². The van der Waals surface area contributed by atoms with Crippen LogP contribution in [0.1, 0.15) is 17.0 Å². The van der Waals surface area contributed by atoms with E-state index in [0.717, 1.165) is 23.8 Å². The second-order valence-electron chi connectivity index (χ2n) is 6.13. The summed E-state index contributed by atoms with van der Waals surface area (Å²) in [5, 5.41) is 9.56. The van der Waals surface area contributed by atoms with Crippen molar-refractivity contribution < 1.29 is 4.74 Å². The Hall–Kier alpha value is -2.31. The van der Waals surface area contributed by atoms with Crippen LogP contribution in [0.5, 0.6) is 0 Å². The first-order valence-electron chi connectivity index (χ1n) is 8.69. The molecule has 6 heteroatoms. The van der Waals surface area contributed by atoms with Gasteiger partial charge in [-0.25, -0.2) is 4.68 Å². The van der Waals surface area contributed by atoms with Crippen molar-refractivity contribution in [2.24, 2.45) is 0 Å². The number of nitrogen functional groups attached to an aromatic ring is 1. The van der Waals surface area contributed by atoms with Crippen molar-refractivity contribution in [3.8, 4) is 0 Å². The number of methoxy groups -OCH3 is 1. The Morgan fingerprint density at radius 1 is 0.962 bits per heavy atom. The van der Waals surface area contributed by atoms with Gasteiger partial charge in [0, 0.05) is 18.8 Å². The molecule has 3 rings (SSSR count). The second-order valence-corrected chi connectivity index (χ2v) is 7.40. The van der Waals surface area contributed by atoms with Crippen LogP contribution in [-0.2, 0) is 24.0 Å². The van der Waals surface area contributed by atoms with Crippen LogP contribution in [-0.4, -0.2) is 33.8 Å². The molecule has 0 aliphatic heterocycles. The average Bonchev–Trinajstić information content (AvgIpc) is 3.01. The normalized spacial score (nSPS) is 11.2. The molecule has 5 nitrogen and oxygen atoms in total. The number of ether oxygens (including phenoxy) is 1. The van der Waals surface area contributed by atoms with Crippen LogP contribution in [0.3, 0.4) is 0 Å². The molecule has 0 unspecified atom stereocenters. The van der Waals surface area contributed by atoms with Crippen LogP contribution in [0, 0.1) is 0 Å². The summed E-state index contributed by atoms with van der Waals surface area (Å²) in [5.41, 5.74) is 2.62. The van der Waals surface area contributed by atoms with Gasteiger partial charge in [0.05, 0.1) is 6.61 Å². The zero-order valence-corrected chi connectivity index (χ0v) is 15.7. The van der Waals surface area contributed by atoms with Crippen molar-refractivity contribution >= 4 is 11.8 Å². The molecule has 1 heterocycles. The van der Waals surface area contributed by atoms with Crippen molar-refractivity contribution in [2.75, 3.05) is 19.6 Å². The first kappa shape index (κ1) is 18.5. The van der Waals surface area contributed by atoms with Crippen LogP contribution in [0.4, 0.5) is 0 Å². The third kappa shape index (κ3) is 5.09. The number of thioether (sulfide) groups is 1. The predicted molar refractivity (Wildman–Crippen MR) is 106 cm³/mol. The fourth-order valence-corrected chi connectivity index (χ4v) is 3.97. The molecule has 1 aromatic heterocycles. The Kier molecular flexibility index (Phi) is 6.68. The van der Waals surface area contributed by atoms with Crippen LogP contribution >= 0.6 is 11.8 Å². The Morgan fingerprint density at radius 3 is 2.08 bits per heavy atom. The second kappa shape index (κ2) is 9.40. The summed E-state index contributed by atoms with van der Waals surface area (Å²) in [5.74, 6) is 6.94. The number of benzene rings is 2. The third-order valence-electron chi connectivity index (χ3n) is 4.15. The molecule has 0 amide bonds. The zero-order chi connectivity index (χ0) is 18.2. The average molecular weight is 369 g/mol. The molecule has 0 saturated heterocycles. The van der Waals surface area contributed by atoms with E-state index in [-0.39, 0.29) is 0 Å². The Balaban J connectivity index is 1.75. The molecule has 0 aliphatic rings. The van der Waals surface area contributed by atoms with Crippen LogP contribution in [0.15, 0.2) is 65.8 Å². The number of aromatic nitrogens is 3. The highest BCUT2D eigenvalue weighted by atomic mass is 32.2. The van der Waals surface area contributed by atoms with Gasteiger partial charge in [-0.1, -0.05) is 72.4 Å². The fourth-order valence-electron chi connectivity index (χ4n) is 2.81. The van der Waals surface area contributed by atoms with Crippen molar-refractivity contribution in [3.63, 3.8) is 0 Å². The highest BCUT2D eigenvalue weighted by molar-refractivity contribution is 7.99. The van der Waals surface area contributed by atoms with Crippen LogP contribution in [0.25, 0.3) is 0 Å². The van der Waals surface area contributed by atoms with E-state index in [0.29, 0.717) is 18.3 Å². The molecular formula is C20H24N4OS. The van der Waals surface area contributed by atoms with Gasteiger partial charge in [0.2, 0.25) is 5.16 Å². The molecule has 0 radical (unpaired) electrons. The maximum absolute atomic E-state index is 6.19. The van der Waals surface area contributed by atoms with Gasteiger partial charge < -0.3 is 10.6 Å². The lowest BCUT2D eigenvalue weighted by Crippen LogP contribution is -2.18. The van der Waals surface area contributed by atoms with Gasteiger partial charge in [-0.15, -0.1) is 10.2 Å². The molecule has 2 N–H and O–H groups in total. The van der Waals surface area contributed by atoms with E-state index >= 15 is 0 Å². The summed E-state index contributed by atoms with van der Waals surface area (Å²) in [7, 11) is 1.67. The molecule has 0 fully saturated rings. The van der Waals surface area contributed by atoms with E-state index in [2.05, 4.69) is 58.7 Å². The van der Waals surface area contributed by atoms with Crippen LogP contribution in [0.2, 0.25) is 0 Å². The number of rotatable bonds is 9. The Morgan fingerprint density at radius 2 is 1.54 bits per heavy atom. The molecule has 2 aromatic carbocycles. The molecule has 136 valence electrons. The molecule has 0 atom stereocenters. The number of hydrogen-bond acceptors (Lipinski definition) is 5. The smallest absolute Gasteiger partial charge is 0.210 e. The highest BCUT2D eigenvalue weighted by Crippen LogP contribution is 2.27. The van der Waals surface area contributed by atoms with Gasteiger partial charge in [0.15, 0.2) is 5.82 Å². The van der Waals surface area contributed by atoms with E-state index < -0.39 is 0 Å². The minimum Gasteiger partial charge on any atom is -0.384 e. The summed E-state index contributed by atoms with van der Waals surface area (Å²) in [6.07, 6.45) is 2.55. The predicted octanol–water partition coefficient (Wildman–Crippen LogP) is 3.13. The highest BCUT2D eigenvalue weighted by Gasteiger charge is 2.18. The summed E-state index contributed by atoms with van der Waals surface area (Å²) < 4.78 is 6.70. The van der Waals surface area contributed by atoms with Crippen molar-refractivity contribution in [2.45, 2.75) is 29.7 Å². The standard InChI is InChI=1S/C20H24N4OS/c1-25-13-12-19-22-23-20(24(19)21)26-18(14-16-8-4-2-5-9-16)15-17-10-6-3-7-11-17/h2-11,18H,12-15,21H2,1H3. The maximum Gasteiger partial charge on any atom is 0.210 e. The lowest BCUT2D eigenvalue weighted by Gasteiger charge is -2.16. The minimum atomic E-state index is 0.321. The van der Waals surface area contributed by atoms with E-state index in [1.54, 1.807) is 23.5 Å². The monoisotopic (exact) mass is 368 g/mol. The van der Waals surface area contributed by atoms with Crippen LogP contribution < -0.4 is 5.84 Å². The van der Waals surface area contributed by atoms with Crippen molar-refractivity contribution in [1.82, 2.24) is 14.9 Å². The lowest BCUT2D eigenvalue weighted by atomic mass is 10.0. The fraction of sp³-hybridized carbons (Fsp3) is 0.300. The molecule has 0 aliphatic carbocycles. The number of nitrogens with zero attached hydrogens (tertiary/aromatic N) is 3. The zero-order valence-electron chi connectivity index (χ0n) is 14.9. The quantitative estimate of drug-likeness (QED) is 0.464. The summed E-state index contributed by atoms with van der Waals surface area (Å²) >= 11 is 1.68. The molecule has 0 saturated carbocycles. The lowest BCUT2D eigenvalue weighted by molar-refractivity contribution is 0.200. The first-order chi connectivity index (χ1) is 12.8. The maximum atomic E-state index is 6.19. The molecule has 3 aromatic rings. The summed E-state index contributed by atoms with van der Waals surface area (Å²) in [4.78, 5) is 0. The third-order valence-corrected chi connectivity index (χ3v) is 5.31. The Labute approximate surface area is 158 Å². The number of hydrogen-bond donors (Lipinski definition) is 1. The summed E-state index contributed by atoms with van der Waals surface area (Å²) in [6, 6.07) is 21.0.